The molecule has 1 saturated carbocycles. The number of quaternary nitrogens is 1. The largest absolute Gasteiger partial charge is 0.495 e. The molecule has 0 aliphatic heterocycles. The quantitative estimate of drug-likeness (QED) is 0.737. The van der Waals surface area contributed by atoms with Crippen LogP contribution in [0.4, 0.5) is 11.4 Å². The Labute approximate surface area is 149 Å². The molecule has 1 aromatic rings. The Kier molecular flexibility index (Phi) is 7.73. The first-order chi connectivity index (χ1) is 12.1. The van der Waals surface area contributed by atoms with E-state index in [0.29, 0.717) is 29.7 Å². The number of amides is 2. The summed E-state index contributed by atoms with van der Waals surface area (Å²) >= 11 is 0. The van der Waals surface area contributed by atoms with Crippen molar-refractivity contribution < 1.29 is 19.6 Å². The predicted molar refractivity (Wildman–Crippen MR) is 98.8 cm³/mol. The standard InChI is InChI=1S/C19H29N3O3/c1-14(23)21-16-10-11-18(25-2)17(12-16)22-19(24)13-20-15-8-6-4-3-5-7-9-15/h10-12,15,20H,3-9,13H2,1-2H3,(H,21,23)(H,22,24)/p+1. The summed E-state index contributed by atoms with van der Waals surface area (Å²) in [5.74, 6) is 0.369. The van der Waals surface area contributed by atoms with Crippen molar-refractivity contribution in [1.29, 1.82) is 0 Å². The number of methoxy groups -OCH3 is 1. The first-order valence-corrected chi connectivity index (χ1v) is 9.17. The second-order valence-electron chi connectivity index (χ2n) is 6.69. The monoisotopic (exact) mass is 348 g/mol. The van der Waals surface area contributed by atoms with E-state index < -0.39 is 0 Å². The van der Waals surface area contributed by atoms with Gasteiger partial charge in [0.1, 0.15) is 5.75 Å². The topological polar surface area (TPSA) is 84.0 Å². The zero-order chi connectivity index (χ0) is 18.1. The average molecular weight is 348 g/mol. The minimum Gasteiger partial charge on any atom is -0.495 e. The van der Waals surface area contributed by atoms with Crippen molar-refractivity contribution in [2.75, 3.05) is 24.3 Å². The van der Waals surface area contributed by atoms with Gasteiger partial charge in [-0.25, -0.2) is 0 Å². The third-order valence-electron chi connectivity index (χ3n) is 4.58. The van der Waals surface area contributed by atoms with Crippen molar-refractivity contribution >= 4 is 23.2 Å². The van der Waals surface area contributed by atoms with Gasteiger partial charge in [-0.05, 0) is 43.9 Å². The van der Waals surface area contributed by atoms with Crippen LogP contribution >= 0.6 is 0 Å². The highest BCUT2D eigenvalue weighted by Gasteiger charge is 2.16. The second-order valence-corrected chi connectivity index (χ2v) is 6.69. The molecule has 1 aliphatic rings. The van der Waals surface area contributed by atoms with Crippen LogP contribution in [0, 0.1) is 0 Å². The van der Waals surface area contributed by atoms with Crippen LogP contribution in [0.15, 0.2) is 18.2 Å². The maximum Gasteiger partial charge on any atom is 0.279 e. The molecule has 0 heterocycles. The number of hydrogen-bond acceptors (Lipinski definition) is 3. The lowest BCUT2D eigenvalue weighted by Crippen LogP contribution is -2.91. The van der Waals surface area contributed by atoms with E-state index >= 15 is 0 Å². The van der Waals surface area contributed by atoms with Gasteiger partial charge in [0.05, 0.1) is 18.8 Å². The van der Waals surface area contributed by atoms with Gasteiger partial charge < -0.3 is 20.7 Å². The number of carbonyl (C=O) groups excluding carboxylic acids is 2. The van der Waals surface area contributed by atoms with Crippen LogP contribution < -0.4 is 20.7 Å². The number of ether oxygens (including phenoxy) is 1. The Morgan fingerprint density at radius 1 is 1.12 bits per heavy atom. The first-order valence-electron chi connectivity index (χ1n) is 9.17. The third kappa shape index (κ3) is 6.74. The maximum atomic E-state index is 12.3. The van der Waals surface area contributed by atoms with E-state index in [1.807, 2.05) is 0 Å². The molecule has 0 unspecified atom stereocenters. The fourth-order valence-electron chi connectivity index (χ4n) is 3.29. The van der Waals surface area contributed by atoms with E-state index in [0.717, 1.165) is 0 Å². The Hall–Kier alpha value is -2.08. The highest BCUT2D eigenvalue weighted by atomic mass is 16.5. The summed E-state index contributed by atoms with van der Waals surface area (Å²) in [4.78, 5) is 23.5. The van der Waals surface area contributed by atoms with Gasteiger partial charge in [0, 0.05) is 12.6 Å². The van der Waals surface area contributed by atoms with Crippen molar-refractivity contribution in [2.45, 2.75) is 57.9 Å². The van der Waals surface area contributed by atoms with Crippen LogP contribution in [0.3, 0.4) is 0 Å². The summed E-state index contributed by atoms with van der Waals surface area (Å²) in [6.07, 6.45) is 8.86. The van der Waals surface area contributed by atoms with Crippen molar-refractivity contribution in [2.24, 2.45) is 0 Å². The number of hydrogen-bond donors (Lipinski definition) is 3. The SMILES string of the molecule is COc1ccc(NC(C)=O)cc1NC(=O)C[NH2+]C1CCCCCCC1. The first kappa shape index (κ1) is 19.2. The van der Waals surface area contributed by atoms with Gasteiger partial charge in [-0.3, -0.25) is 9.59 Å². The van der Waals surface area contributed by atoms with Crippen molar-refractivity contribution in [3.05, 3.63) is 18.2 Å². The highest BCUT2D eigenvalue weighted by molar-refractivity contribution is 5.95. The number of anilines is 2. The minimum atomic E-state index is -0.153. The molecule has 6 heteroatoms. The normalized spacial score (nSPS) is 15.8. The lowest BCUT2D eigenvalue weighted by Gasteiger charge is -2.18. The fourth-order valence-corrected chi connectivity index (χ4v) is 3.29. The average Bonchev–Trinajstić information content (AvgIpc) is 2.53. The summed E-state index contributed by atoms with van der Waals surface area (Å²) in [6, 6.07) is 5.74. The molecule has 1 fully saturated rings. The molecule has 6 nitrogen and oxygen atoms in total. The van der Waals surface area contributed by atoms with E-state index in [1.165, 1.54) is 51.9 Å². The lowest BCUT2D eigenvalue weighted by molar-refractivity contribution is -0.680. The zero-order valence-electron chi connectivity index (χ0n) is 15.3. The van der Waals surface area contributed by atoms with Gasteiger partial charge in [0.15, 0.2) is 6.54 Å². The van der Waals surface area contributed by atoms with Gasteiger partial charge in [-0.15, -0.1) is 0 Å². The highest BCUT2D eigenvalue weighted by Crippen LogP contribution is 2.27. The summed E-state index contributed by atoms with van der Waals surface area (Å²) < 4.78 is 5.29. The van der Waals surface area contributed by atoms with Crippen LogP contribution in [0.5, 0.6) is 5.75 Å². The lowest BCUT2D eigenvalue weighted by atomic mass is 9.97. The van der Waals surface area contributed by atoms with Gasteiger partial charge in [-0.2, -0.15) is 0 Å². The van der Waals surface area contributed by atoms with E-state index in [-0.39, 0.29) is 11.8 Å². The van der Waals surface area contributed by atoms with Gasteiger partial charge in [0.25, 0.3) is 5.91 Å². The molecule has 0 saturated heterocycles. The van der Waals surface area contributed by atoms with E-state index in [4.69, 9.17) is 4.74 Å². The molecule has 1 aromatic carbocycles. The molecule has 4 N–H and O–H groups in total. The number of nitrogens with one attached hydrogen (secondary N) is 2. The van der Waals surface area contributed by atoms with Crippen molar-refractivity contribution in [3.8, 4) is 5.75 Å². The van der Waals surface area contributed by atoms with E-state index in [2.05, 4.69) is 16.0 Å². The summed E-state index contributed by atoms with van der Waals surface area (Å²) in [5, 5.41) is 7.77. The van der Waals surface area contributed by atoms with Crippen molar-refractivity contribution in [3.63, 3.8) is 0 Å². The second kappa shape index (κ2) is 10.0. The molecule has 1 aliphatic carbocycles. The predicted octanol–water partition coefficient (Wildman–Crippen LogP) is 2.27. The number of nitrogens with two attached hydrogens (primary N) is 1. The zero-order valence-corrected chi connectivity index (χ0v) is 15.3. The van der Waals surface area contributed by atoms with E-state index in [1.54, 1.807) is 25.3 Å². The molecule has 0 spiro atoms. The van der Waals surface area contributed by atoms with Crippen LogP contribution in [0.2, 0.25) is 0 Å². The maximum absolute atomic E-state index is 12.3. The molecule has 138 valence electrons. The molecule has 0 aromatic heterocycles. The summed E-state index contributed by atoms with van der Waals surface area (Å²) in [5.41, 5.74) is 1.21. The van der Waals surface area contributed by atoms with Crippen LogP contribution in [-0.4, -0.2) is 31.5 Å². The van der Waals surface area contributed by atoms with Crippen molar-refractivity contribution in [1.82, 2.24) is 0 Å². The Morgan fingerprint density at radius 2 is 1.80 bits per heavy atom. The fraction of sp³-hybridized carbons (Fsp3) is 0.579. The number of benzene rings is 1. The van der Waals surface area contributed by atoms with Crippen LogP contribution in [-0.2, 0) is 9.59 Å². The van der Waals surface area contributed by atoms with E-state index in [9.17, 15) is 9.59 Å². The molecule has 0 radical (unpaired) electrons. The Balaban J connectivity index is 1.90. The summed E-state index contributed by atoms with van der Waals surface area (Å²) in [7, 11) is 1.56. The summed E-state index contributed by atoms with van der Waals surface area (Å²) in [6.45, 7) is 1.85. The number of rotatable bonds is 6. The van der Waals surface area contributed by atoms with Gasteiger partial charge in [-0.1, -0.05) is 19.3 Å². The van der Waals surface area contributed by atoms with Gasteiger partial charge >= 0.3 is 0 Å². The number of carbonyl (C=O) groups is 2. The third-order valence-corrected chi connectivity index (χ3v) is 4.58. The Morgan fingerprint density at radius 3 is 2.44 bits per heavy atom. The molecule has 25 heavy (non-hydrogen) atoms. The smallest absolute Gasteiger partial charge is 0.279 e. The molecule has 2 rings (SSSR count). The molecule has 2 amide bonds. The minimum absolute atomic E-state index is 0.0552. The molecular formula is C19H30N3O3+. The Bertz CT molecular complexity index is 581. The molecular weight excluding hydrogens is 318 g/mol. The molecule has 0 atom stereocenters. The van der Waals surface area contributed by atoms with Crippen LogP contribution in [0.1, 0.15) is 51.9 Å². The van der Waals surface area contributed by atoms with Crippen LogP contribution in [0.25, 0.3) is 0 Å². The molecule has 0 bridgehead atoms. The van der Waals surface area contributed by atoms with Gasteiger partial charge in [0.2, 0.25) is 5.91 Å².